The Balaban J connectivity index is 1.72. The van der Waals surface area contributed by atoms with Crippen molar-refractivity contribution < 1.29 is 4.79 Å². The number of nitrogens with zero attached hydrogens (tertiary/aromatic N) is 1. The molecule has 0 unspecified atom stereocenters. The molecule has 0 aliphatic carbocycles. The number of fused-ring (bicyclic) bond motifs is 1. The van der Waals surface area contributed by atoms with Crippen molar-refractivity contribution in [2.45, 2.75) is 19.4 Å². The molecule has 1 aromatic rings. The van der Waals surface area contributed by atoms with Gasteiger partial charge in [0.1, 0.15) is 0 Å². The van der Waals surface area contributed by atoms with Gasteiger partial charge in [0.25, 0.3) is 0 Å². The molecule has 2 aliphatic rings. The third-order valence-corrected chi connectivity index (χ3v) is 4.53. The fraction of sp³-hybridized carbons (Fsp3) is 0.250. The minimum Gasteiger partial charge on any atom is -0.404 e. The summed E-state index contributed by atoms with van der Waals surface area (Å²) in [6.45, 7) is 2.50. The van der Waals surface area contributed by atoms with Crippen LogP contribution in [0.15, 0.2) is 58.3 Å². The van der Waals surface area contributed by atoms with Crippen LogP contribution in [0.1, 0.15) is 17.5 Å². The first-order valence-corrected chi connectivity index (χ1v) is 8.68. The molecule has 134 valence electrons. The lowest BCUT2D eigenvalue weighted by atomic mass is 9.96. The Morgan fingerprint density at radius 1 is 1.31 bits per heavy atom. The zero-order valence-corrected chi connectivity index (χ0v) is 14.6. The molecule has 5 N–H and O–H groups in total. The minimum absolute atomic E-state index is 0.196. The Morgan fingerprint density at radius 3 is 3.00 bits per heavy atom. The third-order valence-electron chi connectivity index (χ3n) is 4.53. The second-order valence-corrected chi connectivity index (χ2v) is 6.22. The summed E-state index contributed by atoms with van der Waals surface area (Å²) in [7, 11) is 0. The second kappa shape index (κ2) is 8.40. The molecule has 0 bridgehead atoms. The van der Waals surface area contributed by atoms with Crippen molar-refractivity contribution in [3.05, 3.63) is 64.4 Å². The number of anilines is 1. The quantitative estimate of drug-likeness (QED) is 0.483. The molecule has 2 heterocycles. The molecular weight excluding hydrogens is 326 g/mol. The lowest BCUT2D eigenvalue weighted by molar-refractivity contribution is -0.111. The van der Waals surface area contributed by atoms with Crippen molar-refractivity contribution in [3.63, 3.8) is 0 Å². The smallest absolute Gasteiger partial charge is 0.248 e. The van der Waals surface area contributed by atoms with Crippen LogP contribution in [0, 0.1) is 5.41 Å². The zero-order chi connectivity index (χ0) is 18.4. The molecule has 6 nitrogen and oxygen atoms in total. The van der Waals surface area contributed by atoms with Crippen molar-refractivity contribution >= 4 is 24.0 Å². The van der Waals surface area contributed by atoms with Gasteiger partial charge in [-0.3, -0.25) is 9.79 Å². The molecule has 0 aromatic heterocycles. The summed E-state index contributed by atoms with van der Waals surface area (Å²) in [4.78, 5) is 16.5. The number of carbonyl (C=O) groups is 1. The van der Waals surface area contributed by atoms with E-state index in [1.807, 2.05) is 12.1 Å². The van der Waals surface area contributed by atoms with Crippen LogP contribution < -0.4 is 16.4 Å². The minimum atomic E-state index is -0.196. The van der Waals surface area contributed by atoms with E-state index in [4.69, 9.17) is 11.1 Å². The number of rotatable bonds is 5. The maximum atomic E-state index is 12.3. The summed E-state index contributed by atoms with van der Waals surface area (Å²) >= 11 is 0. The predicted octanol–water partition coefficient (Wildman–Crippen LogP) is 2.09. The normalized spacial score (nSPS) is 17.3. The average Bonchev–Trinajstić information content (AvgIpc) is 2.68. The number of nitrogens with two attached hydrogens (primary N) is 1. The van der Waals surface area contributed by atoms with E-state index in [1.54, 1.807) is 12.3 Å². The topological polar surface area (TPSA) is 103 Å². The average molecular weight is 349 g/mol. The fourth-order valence-electron chi connectivity index (χ4n) is 3.16. The summed E-state index contributed by atoms with van der Waals surface area (Å²) < 4.78 is 0. The molecule has 0 atom stereocenters. The van der Waals surface area contributed by atoms with Crippen LogP contribution in [0.2, 0.25) is 0 Å². The molecule has 0 fully saturated rings. The van der Waals surface area contributed by atoms with Gasteiger partial charge in [-0.15, -0.1) is 0 Å². The van der Waals surface area contributed by atoms with E-state index in [1.165, 1.54) is 29.6 Å². The first-order valence-electron chi connectivity index (χ1n) is 8.68. The molecule has 3 rings (SSSR count). The van der Waals surface area contributed by atoms with E-state index >= 15 is 0 Å². The SMILES string of the molecule is N=CC(=CN)C1=C(/C=C/C(=O)Nc2ccc3c(c2)CCNC3)C=NCC1. The van der Waals surface area contributed by atoms with E-state index in [-0.39, 0.29) is 5.91 Å². The van der Waals surface area contributed by atoms with Crippen LogP contribution >= 0.6 is 0 Å². The first-order chi connectivity index (χ1) is 12.7. The number of dihydropyridines is 1. The number of carbonyl (C=O) groups excluding carboxylic acids is 1. The van der Waals surface area contributed by atoms with Gasteiger partial charge in [-0.25, -0.2) is 0 Å². The Morgan fingerprint density at radius 2 is 2.19 bits per heavy atom. The van der Waals surface area contributed by atoms with Gasteiger partial charge in [-0.1, -0.05) is 6.07 Å². The van der Waals surface area contributed by atoms with Crippen molar-refractivity contribution in [2.75, 3.05) is 18.4 Å². The van der Waals surface area contributed by atoms with Crippen molar-refractivity contribution in [2.24, 2.45) is 10.7 Å². The van der Waals surface area contributed by atoms with Crippen LogP contribution in [0.25, 0.3) is 0 Å². The van der Waals surface area contributed by atoms with Crippen molar-refractivity contribution in [3.8, 4) is 0 Å². The third kappa shape index (κ3) is 4.15. The zero-order valence-electron chi connectivity index (χ0n) is 14.6. The van der Waals surface area contributed by atoms with Gasteiger partial charge in [0.05, 0.1) is 0 Å². The highest BCUT2D eigenvalue weighted by atomic mass is 16.1. The Labute approximate surface area is 153 Å². The Hall–Kier alpha value is -2.99. The van der Waals surface area contributed by atoms with Gasteiger partial charge in [-0.05, 0) is 59.9 Å². The maximum Gasteiger partial charge on any atom is 0.248 e. The Kier molecular flexibility index (Phi) is 5.76. The van der Waals surface area contributed by atoms with Gasteiger partial charge < -0.3 is 21.8 Å². The second-order valence-electron chi connectivity index (χ2n) is 6.22. The number of hydrogen-bond acceptors (Lipinski definition) is 5. The molecule has 6 heteroatoms. The van der Waals surface area contributed by atoms with E-state index in [9.17, 15) is 4.79 Å². The molecule has 2 aliphatic heterocycles. The van der Waals surface area contributed by atoms with Gasteiger partial charge in [0.2, 0.25) is 5.91 Å². The highest BCUT2D eigenvalue weighted by Crippen LogP contribution is 2.21. The predicted molar refractivity (Wildman–Crippen MR) is 106 cm³/mol. The Bertz CT molecular complexity index is 833. The molecule has 0 saturated carbocycles. The van der Waals surface area contributed by atoms with Gasteiger partial charge >= 0.3 is 0 Å². The van der Waals surface area contributed by atoms with Gasteiger partial charge in [0, 0.05) is 49.1 Å². The lowest BCUT2D eigenvalue weighted by Crippen LogP contribution is -2.23. The van der Waals surface area contributed by atoms with E-state index in [0.29, 0.717) is 18.5 Å². The molecule has 0 spiro atoms. The molecular formula is C20H23N5O. The van der Waals surface area contributed by atoms with Gasteiger partial charge in [-0.2, -0.15) is 0 Å². The van der Waals surface area contributed by atoms with Crippen LogP contribution in [-0.2, 0) is 17.8 Å². The number of amides is 1. The highest BCUT2D eigenvalue weighted by molar-refractivity contribution is 6.01. The monoisotopic (exact) mass is 349 g/mol. The maximum absolute atomic E-state index is 12.3. The van der Waals surface area contributed by atoms with E-state index in [2.05, 4.69) is 21.7 Å². The summed E-state index contributed by atoms with van der Waals surface area (Å²) in [5, 5.41) is 13.7. The highest BCUT2D eigenvalue weighted by Gasteiger charge is 2.12. The summed E-state index contributed by atoms with van der Waals surface area (Å²) in [6, 6.07) is 6.02. The first kappa shape index (κ1) is 17.8. The van der Waals surface area contributed by atoms with Crippen molar-refractivity contribution in [1.82, 2.24) is 5.32 Å². The number of nitrogens with one attached hydrogen (secondary N) is 3. The van der Waals surface area contributed by atoms with Crippen LogP contribution in [0.5, 0.6) is 0 Å². The van der Waals surface area contributed by atoms with E-state index in [0.717, 1.165) is 36.3 Å². The summed E-state index contributed by atoms with van der Waals surface area (Å²) in [5.74, 6) is -0.196. The number of aliphatic imine (C=N–C) groups is 1. The summed E-state index contributed by atoms with van der Waals surface area (Å²) in [5.41, 5.74) is 11.3. The van der Waals surface area contributed by atoms with E-state index < -0.39 is 0 Å². The summed E-state index contributed by atoms with van der Waals surface area (Å²) in [6.07, 6.45) is 9.26. The number of hydrogen-bond donors (Lipinski definition) is 4. The van der Waals surface area contributed by atoms with Crippen molar-refractivity contribution in [1.29, 1.82) is 5.41 Å². The molecule has 26 heavy (non-hydrogen) atoms. The van der Waals surface area contributed by atoms with Crippen LogP contribution in [0.4, 0.5) is 5.69 Å². The number of allylic oxidation sites excluding steroid dienone is 3. The van der Waals surface area contributed by atoms with Crippen LogP contribution in [0.3, 0.4) is 0 Å². The molecule has 0 radical (unpaired) electrons. The van der Waals surface area contributed by atoms with Crippen LogP contribution in [-0.4, -0.2) is 31.4 Å². The molecule has 1 amide bonds. The molecule has 0 saturated heterocycles. The lowest BCUT2D eigenvalue weighted by Gasteiger charge is -2.17. The fourth-order valence-corrected chi connectivity index (χ4v) is 3.16. The van der Waals surface area contributed by atoms with Gasteiger partial charge in [0.15, 0.2) is 0 Å². The standard InChI is InChI=1S/C20H23N5O/c21-10-17(11-22)19-6-8-24-13-16(19)2-4-20(26)25-18-3-1-15-12-23-7-5-14(15)9-18/h1-4,9-11,13,21,23H,5-8,12,22H2,(H,25,26)/b4-2+,17-11?,21-10?. The largest absolute Gasteiger partial charge is 0.404 e. The number of benzene rings is 1. The molecule has 1 aromatic carbocycles.